The third kappa shape index (κ3) is 3.97. The lowest BCUT2D eigenvalue weighted by Gasteiger charge is -2.07. The van der Waals surface area contributed by atoms with Gasteiger partial charge in [0.1, 0.15) is 0 Å². The zero-order chi connectivity index (χ0) is 19.3. The molecule has 4 heteroatoms. The Labute approximate surface area is 167 Å². The van der Waals surface area contributed by atoms with E-state index in [9.17, 15) is 9.59 Å². The summed E-state index contributed by atoms with van der Waals surface area (Å²) in [6, 6.07) is 26.4. The number of aromatic nitrogens is 1. The van der Waals surface area contributed by atoms with Crippen molar-refractivity contribution in [2.24, 2.45) is 0 Å². The zero-order valence-electron chi connectivity index (χ0n) is 15.0. The van der Waals surface area contributed by atoms with E-state index in [0.717, 1.165) is 15.8 Å². The number of rotatable bonds is 6. The number of carbonyl (C=O) groups excluding carboxylic acids is 2. The lowest BCUT2D eigenvalue weighted by molar-refractivity contribution is 0.0998. The molecular formula is C24H17NO2S. The Balaban J connectivity index is 1.68. The summed E-state index contributed by atoms with van der Waals surface area (Å²) in [6.45, 7) is 0. The number of carbonyl (C=O) groups is 2. The quantitative estimate of drug-likeness (QED) is 0.311. The predicted octanol–water partition coefficient (Wildman–Crippen LogP) is 5.84. The van der Waals surface area contributed by atoms with Gasteiger partial charge in [0.25, 0.3) is 0 Å². The molecule has 4 rings (SSSR count). The van der Waals surface area contributed by atoms with Crippen LogP contribution in [0, 0.1) is 0 Å². The number of hydrogen-bond donors (Lipinski definition) is 0. The van der Waals surface area contributed by atoms with Gasteiger partial charge in [-0.2, -0.15) is 0 Å². The van der Waals surface area contributed by atoms with Crippen LogP contribution in [0.2, 0.25) is 0 Å². The fraction of sp³-hybridized carbons (Fsp3) is 0.0417. The lowest BCUT2D eigenvalue weighted by atomic mass is 9.96. The van der Waals surface area contributed by atoms with Crippen LogP contribution in [0.15, 0.2) is 91.0 Å². The molecule has 0 aliphatic carbocycles. The first-order chi connectivity index (χ1) is 13.7. The lowest BCUT2D eigenvalue weighted by Crippen LogP contribution is -2.03. The molecule has 0 atom stereocenters. The van der Waals surface area contributed by atoms with Crippen molar-refractivity contribution in [3.8, 4) is 0 Å². The molecule has 3 nitrogen and oxygen atoms in total. The molecule has 136 valence electrons. The fourth-order valence-electron chi connectivity index (χ4n) is 2.99. The van der Waals surface area contributed by atoms with E-state index in [1.54, 1.807) is 18.2 Å². The van der Waals surface area contributed by atoms with Crippen LogP contribution in [0.25, 0.3) is 15.8 Å². The minimum atomic E-state index is -0.180. The van der Waals surface area contributed by atoms with Gasteiger partial charge in [-0.15, -0.1) is 11.3 Å². The maximum atomic E-state index is 12.9. The summed E-state index contributed by atoms with van der Waals surface area (Å²) in [5.41, 5.74) is 3.00. The molecule has 3 aromatic carbocycles. The molecule has 1 heterocycles. The van der Waals surface area contributed by atoms with Crippen molar-refractivity contribution in [3.05, 3.63) is 107 Å². The number of benzene rings is 3. The first kappa shape index (κ1) is 18.0. The van der Waals surface area contributed by atoms with E-state index >= 15 is 0 Å². The maximum absolute atomic E-state index is 12.9. The Kier molecular flexibility index (Phi) is 5.22. The molecule has 0 radical (unpaired) electrons. The molecule has 0 fully saturated rings. The summed E-state index contributed by atoms with van der Waals surface area (Å²) in [6.07, 6.45) is 1.71. The molecule has 0 aliphatic rings. The second-order valence-corrected chi connectivity index (χ2v) is 7.38. The molecule has 0 N–H and O–H groups in total. The Morgan fingerprint density at radius 1 is 0.786 bits per heavy atom. The van der Waals surface area contributed by atoms with Gasteiger partial charge in [-0.25, -0.2) is 4.98 Å². The van der Waals surface area contributed by atoms with Crippen LogP contribution in [0.3, 0.4) is 0 Å². The van der Waals surface area contributed by atoms with E-state index < -0.39 is 0 Å². The van der Waals surface area contributed by atoms with Crippen molar-refractivity contribution in [1.82, 2.24) is 4.98 Å². The Bertz CT molecular complexity index is 1130. The summed E-state index contributed by atoms with van der Waals surface area (Å²) in [7, 11) is 0. The first-order valence-electron chi connectivity index (χ1n) is 8.95. The highest BCUT2D eigenvalue weighted by molar-refractivity contribution is 7.20. The van der Waals surface area contributed by atoms with Gasteiger partial charge in [-0.1, -0.05) is 72.8 Å². The maximum Gasteiger partial charge on any atom is 0.214 e. The van der Waals surface area contributed by atoms with E-state index in [2.05, 4.69) is 4.98 Å². The summed E-state index contributed by atoms with van der Waals surface area (Å²) in [4.78, 5) is 30.0. The van der Waals surface area contributed by atoms with Crippen LogP contribution in [0.1, 0.15) is 32.1 Å². The summed E-state index contributed by atoms with van der Waals surface area (Å²) < 4.78 is 0.973. The average Bonchev–Trinajstić information content (AvgIpc) is 3.19. The summed E-state index contributed by atoms with van der Waals surface area (Å²) >= 11 is 1.37. The van der Waals surface area contributed by atoms with Crippen molar-refractivity contribution in [3.63, 3.8) is 0 Å². The van der Waals surface area contributed by atoms with E-state index in [-0.39, 0.29) is 18.0 Å². The number of hydrogen-bond acceptors (Lipinski definition) is 4. The van der Waals surface area contributed by atoms with E-state index in [1.807, 2.05) is 72.8 Å². The highest BCUT2D eigenvalue weighted by Crippen LogP contribution is 2.25. The number of Topliss-reactive ketones (excluding diaryl/α,β-unsaturated/α-hetero) is 1. The average molecular weight is 383 g/mol. The number of para-hydroxylation sites is 1. The van der Waals surface area contributed by atoms with Crippen molar-refractivity contribution in [1.29, 1.82) is 0 Å². The third-order valence-electron chi connectivity index (χ3n) is 4.40. The summed E-state index contributed by atoms with van der Waals surface area (Å²) in [5, 5.41) is 0.432. The first-order valence-corrected chi connectivity index (χ1v) is 9.76. The smallest absolute Gasteiger partial charge is 0.214 e. The molecule has 28 heavy (non-hydrogen) atoms. The van der Waals surface area contributed by atoms with Crippen molar-refractivity contribution in [2.75, 3.05) is 0 Å². The van der Waals surface area contributed by atoms with Gasteiger partial charge in [0, 0.05) is 12.0 Å². The van der Waals surface area contributed by atoms with E-state index in [1.165, 1.54) is 11.3 Å². The van der Waals surface area contributed by atoms with Gasteiger partial charge >= 0.3 is 0 Å². The van der Waals surface area contributed by atoms with Gasteiger partial charge in [-0.05, 0) is 29.3 Å². The van der Waals surface area contributed by atoms with Crippen LogP contribution >= 0.6 is 11.3 Å². The minimum absolute atomic E-state index is 0.0206. The second-order valence-electron chi connectivity index (χ2n) is 6.35. The SMILES string of the molecule is O=C(C/C(=C\C(=O)c1nc2ccccc2s1)c1ccccc1)c1ccccc1. The van der Waals surface area contributed by atoms with Crippen LogP contribution in [0.5, 0.6) is 0 Å². The predicted molar refractivity (Wildman–Crippen MR) is 114 cm³/mol. The van der Waals surface area contributed by atoms with Gasteiger partial charge in [0.15, 0.2) is 10.8 Å². The van der Waals surface area contributed by atoms with Crippen LogP contribution in [-0.2, 0) is 0 Å². The van der Waals surface area contributed by atoms with Gasteiger partial charge < -0.3 is 0 Å². The molecule has 4 aromatic rings. The molecule has 0 saturated heterocycles. The summed E-state index contributed by atoms with van der Waals surface area (Å²) in [5.74, 6) is -0.200. The minimum Gasteiger partial charge on any atom is -0.294 e. The molecule has 0 bridgehead atoms. The monoisotopic (exact) mass is 383 g/mol. The van der Waals surface area contributed by atoms with Crippen molar-refractivity contribution >= 4 is 38.7 Å². The largest absolute Gasteiger partial charge is 0.294 e. The highest BCUT2D eigenvalue weighted by atomic mass is 32.1. The topological polar surface area (TPSA) is 47.0 Å². The van der Waals surface area contributed by atoms with E-state index in [0.29, 0.717) is 16.1 Å². The van der Waals surface area contributed by atoms with Crippen molar-refractivity contribution < 1.29 is 9.59 Å². The molecule has 0 saturated carbocycles. The van der Waals surface area contributed by atoms with Gasteiger partial charge in [0.2, 0.25) is 5.78 Å². The number of thiazole rings is 1. The second kappa shape index (κ2) is 8.11. The van der Waals surface area contributed by atoms with E-state index in [4.69, 9.17) is 0 Å². The molecule has 0 unspecified atom stereocenters. The molecule has 0 spiro atoms. The Morgan fingerprint density at radius 2 is 1.39 bits per heavy atom. The van der Waals surface area contributed by atoms with Crippen LogP contribution in [-0.4, -0.2) is 16.6 Å². The Morgan fingerprint density at radius 3 is 2.07 bits per heavy atom. The third-order valence-corrected chi connectivity index (χ3v) is 5.45. The standard InChI is InChI=1S/C24H17NO2S/c26-21(18-11-5-2-6-12-18)15-19(17-9-3-1-4-10-17)16-22(27)24-25-20-13-7-8-14-23(20)28-24/h1-14,16H,15H2/b19-16+. The fourth-order valence-corrected chi connectivity index (χ4v) is 3.86. The number of nitrogens with zero attached hydrogens (tertiary/aromatic N) is 1. The number of ketones is 2. The van der Waals surface area contributed by atoms with Gasteiger partial charge in [-0.3, -0.25) is 9.59 Å². The van der Waals surface area contributed by atoms with Gasteiger partial charge in [0.05, 0.1) is 10.2 Å². The number of allylic oxidation sites excluding steroid dienone is 2. The highest BCUT2D eigenvalue weighted by Gasteiger charge is 2.15. The molecule has 1 aromatic heterocycles. The molecular weight excluding hydrogens is 366 g/mol. The Hall–Kier alpha value is -3.37. The zero-order valence-corrected chi connectivity index (χ0v) is 15.9. The normalized spacial score (nSPS) is 11.5. The number of fused-ring (bicyclic) bond motifs is 1. The molecule has 0 aliphatic heterocycles. The van der Waals surface area contributed by atoms with Crippen LogP contribution in [0.4, 0.5) is 0 Å². The molecule has 0 amide bonds. The van der Waals surface area contributed by atoms with Crippen LogP contribution < -0.4 is 0 Å². The van der Waals surface area contributed by atoms with Crippen molar-refractivity contribution in [2.45, 2.75) is 6.42 Å².